The number of ether oxygens (including phenoxy) is 1. The number of piperazine rings is 1. The lowest BCUT2D eigenvalue weighted by atomic mass is 10.1. The molecule has 2 atom stereocenters. The van der Waals surface area contributed by atoms with E-state index >= 15 is 0 Å². The normalized spacial score (nSPS) is 27.1. The molecular formula is C11H16N2O5. The highest BCUT2D eigenvalue weighted by molar-refractivity contribution is 5.89. The number of hydrogen-bond donors (Lipinski definition) is 1. The van der Waals surface area contributed by atoms with Crippen molar-refractivity contribution in [2.24, 2.45) is 0 Å². The van der Waals surface area contributed by atoms with Crippen molar-refractivity contribution in [3.05, 3.63) is 0 Å². The van der Waals surface area contributed by atoms with Gasteiger partial charge in [0, 0.05) is 6.54 Å². The summed E-state index contributed by atoms with van der Waals surface area (Å²) in [5.41, 5.74) is 0. The first-order valence-corrected chi connectivity index (χ1v) is 6.00. The number of nitrogens with zero attached hydrogens (tertiary/aromatic N) is 2. The van der Waals surface area contributed by atoms with Crippen LogP contribution < -0.4 is 0 Å². The van der Waals surface area contributed by atoms with Crippen LogP contribution in [0.4, 0.5) is 4.79 Å². The number of hydrogen-bond acceptors (Lipinski definition) is 4. The van der Waals surface area contributed by atoms with Gasteiger partial charge in [-0.05, 0) is 19.8 Å². The molecule has 0 aromatic carbocycles. The fourth-order valence-corrected chi connectivity index (χ4v) is 2.62. The van der Waals surface area contributed by atoms with Crippen LogP contribution in [0.2, 0.25) is 0 Å². The Labute approximate surface area is 104 Å². The van der Waals surface area contributed by atoms with Gasteiger partial charge >= 0.3 is 12.1 Å². The number of esters is 1. The SMILES string of the molecule is CCOC(=O)C1CCC2CN(C(=O)O)CC(=O)N21. The molecular weight excluding hydrogens is 240 g/mol. The molecule has 2 aliphatic rings. The van der Waals surface area contributed by atoms with Gasteiger partial charge < -0.3 is 14.7 Å². The largest absolute Gasteiger partial charge is 0.465 e. The summed E-state index contributed by atoms with van der Waals surface area (Å²) < 4.78 is 4.93. The molecule has 1 N–H and O–H groups in total. The summed E-state index contributed by atoms with van der Waals surface area (Å²) in [5.74, 6) is -0.707. The summed E-state index contributed by atoms with van der Waals surface area (Å²) in [5, 5.41) is 8.90. The van der Waals surface area contributed by atoms with E-state index in [-0.39, 0.29) is 31.6 Å². The minimum Gasteiger partial charge on any atom is -0.465 e. The second-order valence-corrected chi connectivity index (χ2v) is 4.46. The molecule has 2 aliphatic heterocycles. The fraction of sp³-hybridized carbons (Fsp3) is 0.727. The van der Waals surface area contributed by atoms with Gasteiger partial charge in [-0.25, -0.2) is 9.59 Å². The van der Waals surface area contributed by atoms with Crippen LogP contribution >= 0.6 is 0 Å². The van der Waals surface area contributed by atoms with Gasteiger partial charge in [0.15, 0.2) is 0 Å². The maximum atomic E-state index is 11.9. The molecule has 7 heteroatoms. The maximum absolute atomic E-state index is 11.9. The average Bonchev–Trinajstić information content (AvgIpc) is 2.73. The Morgan fingerprint density at radius 3 is 2.78 bits per heavy atom. The van der Waals surface area contributed by atoms with E-state index in [0.717, 1.165) is 4.90 Å². The molecule has 7 nitrogen and oxygen atoms in total. The van der Waals surface area contributed by atoms with Crippen LogP contribution in [0.1, 0.15) is 19.8 Å². The van der Waals surface area contributed by atoms with Crippen LogP contribution in [0.25, 0.3) is 0 Å². The first-order chi connectivity index (χ1) is 8.54. The Kier molecular flexibility index (Phi) is 3.40. The van der Waals surface area contributed by atoms with Gasteiger partial charge in [0.25, 0.3) is 0 Å². The molecule has 0 radical (unpaired) electrons. The van der Waals surface area contributed by atoms with Crippen molar-refractivity contribution in [1.82, 2.24) is 9.80 Å². The van der Waals surface area contributed by atoms with Crippen molar-refractivity contribution >= 4 is 18.0 Å². The predicted octanol–water partition coefficient (Wildman–Crippen LogP) is -0.0973. The van der Waals surface area contributed by atoms with E-state index in [0.29, 0.717) is 12.8 Å². The van der Waals surface area contributed by atoms with Crippen LogP contribution in [-0.2, 0) is 14.3 Å². The molecule has 0 aromatic rings. The molecule has 2 rings (SSSR count). The number of amides is 2. The Hall–Kier alpha value is -1.79. The standard InChI is InChI=1S/C11H16N2O5/c1-2-18-10(15)8-4-3-7-5-12(11(16)17)6-9(14)13(7)8/h7-8H,2-6H2,1H3,(H,16,17). The van der Waals surface area contributed by atoms with Gasteiger partial charge in [-0.3, -0.25) is 9.69 Å². The van der Waals surface area contributed by atoms with E-state index < -0.39 is 18.1 Å². The molecule has 0 aliphatic carbocycles. The second kappa shape index (κ2) is 4.83. The van der Waals surface area contributed by atoms with Gasteiger partial charge in [0.05, 0.1) is 12.6 Å². The topological polar surface area (TPSA) is 87.1 Å². The summed E-state index contributed by atoms with van der Waals surface area (Å²) in [4.78, 5) is 37.1. The van der Waals surface area contributed by atoms with Crippen LogP contribution in [0.3, 0.4) is 0 Å². The Morgan fingerprint density at radius 1 is 1.44 bits per heavy atom. The highest BCUT2D eigenvalue weighted by Gasteiger charge is 2.46. The molecule has 0 saturated carbocycles. The van der Waals surface area contributed by atoms with Crippen LogP contribution in [0, 0.1) is 0 Å². The molecule has 2 fully saturated rings. The third-order valence-electron chi connectivity index (χ3n) is 3.38. The summed E-state index contributed by atoms with van der Waals surface area (Å²) in [6.45, 7) is 2.09. The molecule has 2 heterocycles. The number of carboxylic acid groups (broad SMARTS) is 1. The van der Waals surface area contributed by atoms with Gasteiger partial charge in [-0.15, -0.1) is 0 Å². The average molecular weight is 256 g/mol. The third kappa shape index (κ3) is 2.12. The van der Waals surface area contributed by atoms with Crippen LogP contribution in [0.15, 0.2) is 0 Å². The van der Waals surface area contributed by atoms with E-state index in [2.05, 4.69) is 0 Å². The minimum atomic E-state index is -1.09. The summed E-state index contributed by atoms with van der Waals surface area (Å²) in [7, 11) is 0. The van der Waals surface area contributed by atoms with Crippen molar-refractivity contribution in [3.63, 3.8) is 0 Å². The number of carbonyl (C=O) groups is 3. The predicted molar refractivity (Wildman–Crippen MR) is 59.9 cm³/mol. The first-order valence-electron chi connectivity index (χ1n) is 6.00. The Balaban J connectivity index is 2.09. The van der Waals surface area contributed by atoms with E-state index in [9.17, 15) is 14.4 Å². The fourth-order valence-electron chi connectivity index (χ4n) is 2.62. The molecule has 2 amide bonds. The molecule has 0 spiro atoms. The van der Waals surface area contributed by atoms with Gasteiger partial charge in [0.2, 0.25) is 5.91 Å². The molecule has 0 aromatic heterocycles. The zero-order valence-electron chi connectivity index (χ0n) is 10.2. The molecule has 2 saturated heterocycles. The lowest BCUT2D eigenvalue weighted by Crippen LogP contribution is -2.58. The van der Waals surface area contributed by atoms with Crippen molar-refractivity contribution in [3.8, 4) is 0 Å². The molecule has 18 heavy (non-hydrogen) atoms. The van der Waals surface area contributed by atoms with E-state index in [1.165, 1.54) is 4.90 Å². The van der Waals surface area contributed by atoms with Gasteiger partial charge in [-0.2, -0.15) is 0 Å². The van der Waals surface area contributed by atoms with Crippen molar-refractivity contribution in [1.29, 1.82) is 0 Å². The Bertz CT molecular complexity index is 384. The highest BCUT2D eigenvalue weighted by Crippen LogP contribution is 2.28. The van der Waals surface area contributed by atoms with E-state index in [1.54, 1.807) is 6.92 Å². The summed E-state index contributed by atoms with van der Waals surface area (Å²) in [6.07, 6.45) is 0.0874. The lowest BCUT2D eigenvalue weighted by molar-refractivity contribution is -0.156. The van der Waals surface area contributed by atoms with Crippen LogP contribution in [0.5, 0.6) is 0 Å². The molecule has 0 bridgehead atoms. The zero-order chi connectivity index (χ0) is 13.3. The third-order valence-corrected chi connectivity index (χ3v) is 3.38. The zero-order valence-corrected chi connectivity index (χ0v) is 10.2. The summed E-state index contributed by atoms with van der Waals surface area (Å²) in [6, 6.07) is -0.741. The van der Waals surface area contributed by atoms with Crippen LogP contribution in [-0.4, -0.2) is 64.7 Å². The van der Waals surface area contributed by atoms with Crippen molar-refractivity contribution in [2.45, 2.75) is 31.8 Å². The first kappa shape index (κ1) is 12.7. The van der Waals surface area contributed by atoms with Crippen molar-refractivity contribution in [2.75, 3.05) is 19.7 Å². The highest BCUT2D eigenvalue weighted by atomic mass is 16.5. The number of carbonyl (C=O) groups excluding carboxylic acids is 2. The summed E-state index contributed by atoms with van der Waals surface area (Å²) >= 11 is 0. The molecule has 100 valence electrons. The van der Waals surface area contributed by atoms with Crippen molar-refractivity contribution < 1.29 is 24.2 Å². The number of fused-ring (bicyclic) bond motifs is 1. The second-order valence-electron chi connectivity index (χ2n) is 4.46. The quantitative estimate of drug-likeness (QED) is 0.697. The maximum Gasteiger partial charge on any atom is 0.407 e. The van der Waals surface area contributed by atoms with E-state index in [1.807, 2.05) is 0 Å². The smallest absolute Gasteiger partial charge is 0.407 e. The van der Waals surface area contributed by atoms with Gasteiger partial charge in [-0.1, -0.05) is 0 Å². The minimum absolute atomic E-state index is 0.179. The monoisotopic (exact) mass is 256 g/mol. The van der Waals surface area contributed by atoms with E-state index in [4.69, 9.17) is 9.84 Å². The Morgan fingerprint density at radius 2 is 2.17 bits per heavy atom. The molecule has 2 unspecified atom stereocenters. The van der Waals surface area contributed by atoms with Gasteiger partial charge in [0.1, 0.15) is 12.6 Å². The lowest BCUT2D eigenvalue weighted by Gasteiger charge is -2.37. The number of rotatable bonds is 2.